The Morgan fingerprint density at radius 1 is 0.800 bits per heavy atom. The lowest BCUT2D eigenvalue weighted by molar-refractivity contribution is 0.949. The van der Waals surface area contributed by atoms with E-state index in [1.807, 2.05) is 11.8 Å². The van der Waals surface area contributed by atoms with Gasteiger partial charge in [-0.05, 0) is 53.6 Å². The maximum atomic E-state index is 2.31. The van der Waals surface area contributed by atoms with Crippen molar-refractivity contribution < 1.29 is 0 Å². The van der Waals surface area contributed by atoms with Gasteiger partial charge < -0.3 is 0 Å². The predicted octanol–water partition coefficient (Wildman–Crippen LogP) is 4.79. The lowest BCUT2D eigenvalue weighted by Gasteiger charge is -2.04. The molecule has 0 amide bonds. The molecule has 2 aromatic carbocycles. The van der Waals surface area contributed by atoms with Crippen molar-refractivity contribution in [2.75, 3.05) is 17.3 Å². The van der Waals surface area contributed by atoms with Gasteiger partial charge in [0, 0.05) is 16.2 Å². The lowest BCUT2D eigenvalue weighted by atomic mass is 10.2. The largest absolute Gasteiger partial charge is 0.112 e. The van der Waals surface area contributed by atoms with E-state index in [9.17, 15) is 0 Å². The maximum absolute atomic E-state index is 2.31. The zero-order valence-electron chi connectivity index (χ0n) is 11.8. The monoisotopic (exact) mass is 301 g/mol. The van der Waals surface area contributed by atoms with E-state index < -0.39 is 0 Å². The van der Waals surface area contributed by atoms with E-state index >= 15 is 0 Å². The minimum atomic E-state index is 0.730. The summed E-state index contributed by atoms with van der Waals surface area (Å²) in [7, 11) is 0.730. The van der Waals surface area contributed by atoms with Crippen LogP contribution in [0.4, 0.5) is 0 Å². The van der Waals surface area contributed by atoms with Crippen LogP contribution in [-0.2, 0) is 17.3 Å². The van der Waals surface area contributed by atoms with Crippen molar-refractivity contribution in [2.45, 2.75) is 29.1 Å². The second-order valence-corrected chi connectivity index (χ2v) is 8.84. The lowest BCUT2D eigenvalue weighted by Crippen LogP contribution is -2.10. The number of rotatable bonds is 5. The van der Waals surface area contributed by atoms with Gasteiger partial charge in [-0.3, -0.25) is 0 Å². The Bertz CT molecular complexity index is 513. The van der Waals surface area contributed by atoms with Gasteiger partial charge in [0.25, 0.3) is 0 Å². The average Bonchev–Trinajstić information content (AvgIpc) is 3.01. The van der Waals surface area contributed by atoms with Crippen LogP contribution >= 0.6 is 11.8 Å². The molecule has 2 heteroatoms. The summed E-state index contributed by atoms with van der Waals surface area (Å²) >= 11 is 1.84. The molecule has 0 unspecified atom stereocenters. The quantitative estimate of drug-likeness (QED) is 0.715. The Morgan fingerprint density at radius 2 is 1.45 bits per heavy atom. The summed E-state index contributed by atoms with van der Waals surface area (Å²) in [5, 5.41) is 0. The van der Waals surface area contributed by atoms with Gasteiger partial charge in [-0.2, -0.15) is 0 Å². The van der Waals surface area contributed by atoms with Crippen LogP contribution in [0.1, 0.15) is 18.4 Å². The van der Waals surface area contributed by atoms with Crippen LogP contribution in [0, 0.1) is 0 Å². The van der Waals surface area contributed by atoms with E-state index in [1.54, 1.807) is 0 Å². The first kappa shape index (κ1) is 14.1. The van der Waals surface area contributed by atoms with Crippen molar-refractivity contribution in [2.24, 2.45) is 0 Å². The van der Waals surface area contributed by atoms with E-state index in [4.69, 9.17) is 0 Å². The minimum Gasteiger partial charge on any atom is -0.0901 e. The second kappa shape index (κ2) is 7.24. The van der Waals surface area contributed by atoms with Gasteiger partial charge in [0.05, 0.1) is 0 Å². The van der Waals surface area contributed by atoms with Crippen molar-refractivity contribution >= 4 is 22.7 Å². The SMILES string of the molecule is c1ccc(Sc2ccc(CC[S+]3CCCC3)cc2)cc1. The second-order valence-electron chi connectivity index (χ2n) is 5.24. The average molecular weight is 301 g/mol. The fourth-order valence-corrected chi connectivity index (χ4v) is 5.73. The summed E-state index contributed by atoms with van der Waals surface area (Å²) in [6, 6.07) is 19.7. The molecular formula is C18H21S2+. The van der Waals surface area contributed by atoms with Crippen molar-refractivity contribution in [3.05, 3.63) is 60.2 Å². The zero-order valence-corrected chi connectivity index (χ0v) is 13.4. The molecule has 0 saturated carbocycles. The molecule has 0 aromatic heterocycles. The predicted molar refractivity (Wildman–Crippen MR) is 91.9 cm³/mol. The van der Waals surface area contributed by atoms with Crippen molar-refractivity contribution in [1.29, 1.82) is 0 Å². The zero-order chi connectivity index (χ0) is 13.6. The highest BCUT2D eigenvalue weighted by atomic mass is 32.2. The van der Waals surface area contributed by atoms with Crippen LogP contribution in [0.25, 0.3) is 0 Å². The van der Waals surface area contributed by atoms with Crippen LogP contribution in [0.15, 0.2) is 64.4 Å². The number of hydrogen-bond donors (Lipinski definition) is 0. The molecule has 0 radical (unpaired) electrons. The molecule has 0 nitrogen and oxygen atoms in total. The van der Waals surface area contributed by atoms with Crippen molar-refractivity contribution in [1.82, 2.24) is 0 Å². The summed E-state index contributed by atoms with van der Waals surface area (Å²) in [5.41, 5.74) is 1.50. The van der Waals surface area contributed by atoms with Gasteiger partial charge in [0.2, 0.25) is 0 Å². The molecule has 0 aliphatic carbocycles. The minimum absolute atomic E-state index is 0.730. The molecular weight excluding hydrogens is 280 g/mol. The Morgan fingerprint density at radius 3 is 2.15 bits per heavy atom. The topological polar surface area (TPSA) is 0 Å². The molecule has 1 aliphatic heterocycles. The highest BCUT2D eigenvalue weighted by Gasteiger charge is 2.23. The normalized spacial score (nSPS) is 15.6. The number of hydrogen-bond acceptors (Lipinski definition) is 1. The fourth-order valence-electron chi connectivity index (χ4n) is 2.53. The van der Waals surface area contributed by atoms with Crippen LogP contribution in [-0.4, -0.2) is 17.3 Å². The molecule has 1 fully saturated rings. The van der Waals surface area contributed by atoms with E-state index in [1.165, 1.54) is 51.9 Å². The first-order valence-corrected chi connectivity index (χ1v) is 9.91. The fraction of sp³-hybridized carbons (Fsp3) is 0.333. The van der Waals surface area contributed by atoms with E-state index in [-0.39, 0.29) is 0 Å². The van der Waals surface area contributed by atoms with Gasteiger partial charge in [0.1, 0.15) is 17.3 Å². The molecule has 2 aromatic rings. The molecule has 1 saturated heterocycles. The molecule has 3 rings (SSSR count). The third-order valence-electron chi connectivity index (χ3n) is 3.70. The standard InChI is InChI=1S/C18H21S2/c1-2-6-17(7-3-1)19-18-10-8-16(9-11-18)12-15-20-13-4-5-14-20/h1-3,6-11H,4-5,12-15H2/q+1. The van der Waals surface area contributed by atoms with Crippen LogP contribution in [0.5, 0.6) is 0 Å². The molecule has 0 spiro atoms. The van der Waals surface area contributed by atoms with Gasteiger partial charge in [-0.1, -0.05) is 42.1 Å². The molecule has 0 bridgehead atoms. The van der Waals surface area contributed by atoms with Crippen LogP contribution in [0.2, 0.25) is 0 Å². The summed E-state index contributed by atoms with van der Waals surface area (Å²) in [6.07, 6.45) is 4.20. The van der Waals surface area contributed by atoms with E-state index in [0.717, 1.165) is 10.9 Å². The van der Waals surface area contributed by atoms with Gasteiger partial charge in [-0.25, -0.2) is 0 Å². The third-order valence-corrected chi connectivity index (χ3v) is 7.23. The highest BCUT2D eigenvalue weighted by Crippen LogP contribution is 2.27. The van der Waals surface area contributed by atoms with Crippen molar-refractivity contribution in [3.8, 4) is 0 Å². The first-order chi connectivity index (χ1) is 9.90. The van der Waals surface area contributed by atoms with Gasteiger partial charge in [0.15, 0.2) is 0 Å². The Kier molecular flexibility index (Phi) is 5.10. The third kappa shape index (κ3) is 4.07. The molecule has 0 atom stereocenters. The first-order valence-electron chi connectivity index (χ1n) is 7.36. The summed E-state index contributed by atoms with van der Waals surface area (Å²) in [6.45, 7) is 0. The Balaban J connectivity index is 1.54. The summed E-state index contributed by atoms with van der Waals surface area (Å²) in [4.78, 5) is 2.65. The maximum Gasteiger partial charge on any atom is 0.112 e. The van der Waals surface area contributed by atoms with Crippen LogP contribution < -0.4 is 0 Å². The molecule has 20 heavy (non-hydrogen) atoms. The molecule has 104 valence electrons. The Labute approximate surface area is 129 Å². The molecule has 1 aliphatic rings. The van der Waals surface area contributed by atoms with E-state index in [0.29, 0.717) is 0 Å². The van der Waals surface area contributed by atoms with Gasteiger partial charge in [-0.15, -0.1) is 0 Å². The Hall–Kier alpha value is -0.860. The summed E-state index contributed by atoms with van der Waals surface area (Å²) in [5.74, 6) is 4.38. The number of aryl methyl sites for hydroxylation is 1. The number of benzene rings is 2. The van der Waals surface area contributed by atoms with E-state index in [2.05, 4.69) is 54.6 Å². The highest BCUT2D eigenvalue weighted by molar-refractivity contribution is 7.99. The summed E-state index contributed by atoms with van der Waals surface area (Å²) < 4.78 is 0. The molecule has 1 heterocycles. The van der Waals surface area contributed by atoms with Gasteiger partial charge >= 0.3 is 0 Å². The van der Waals surface area contributed by atoms with Crippen molar-refractivity contribution in [3.63, 3.8) is 0 Å². The molecule has 0 N–H and O–H groups in total. The van der Waals surface area contributed by atoms with Crippen LogP contribution in [0.3, 0.4) is 0 Å². The smallest absolute Gasteiger partial charge is 0.0901 e.